The summed E-state index contributed by atoms with van der Waals surface area (Å²) >= 11 is 1.66. The molecular weight excluding hydrogens is 482 g/mol. The average molecular weight is 516 g/mol. The first-order chi connectivity index (χ1) is 18.1. The van der Waals surface area contributed by atoms with Crippen LogP contribution in [0.15, 0.2) is 84.0 Å². The fraction of sp³-hybridized carbons (Fsp3) is 0.267. The molecule has 37 heavy (non-hydrogen) atoms. The number of hydrogen-bond donors (Lipinski definition) is 1. The molecule has 0 aliphatic carbocycles. The number of amides is 1. The third-order valence-corrected chi connectivity index (χ3v) is 6.95. The fourth-order valence-electron chi connectivity index (χ4n) is 4.14. The molecule has 4 aromatic rings. The van der Waals surface area contributed by atoms with E-state index in [4.69, 9.17) is 14.5 Å². The van der Waals surface area contributed by atoms with E-state index in [1.165, 1.54) is 0 Å². The number of benzene rings is 3. The number of carbonyl (C=O) groups is 1. The summed E-state index contributed by atoms with van der Waals surface area (Å²) in [6, 6.07) is 25.9. The Labute approximate surface area is 223 Å². The Kier molecular flexibility index (Phi) is 9.27. The minimum Gasteiger partial charge on any atom is -0.497 e. The summed E-state index contributed by atoms with van der Waals surface area (Å²) in [4.78, 5) is 17.5. The maximum atomic E-state index is 12.4. The summed E-state index contributed by atoms with van der Waals surface area (Å²) in [7, 11) is 3.34. The van der Waals surface area contributed by atoms with Gasteiger partial charge in [0.15, 0.2) is 5.16 Å². The van der Waals surface area contributed by atoms with Crippen LogP contribution in [0.1, 0.15) is 18.9 Å². The van der Waals surface area contributed by atoms with Crippen molar-refractivity contribution in [1.29, 1.82) is 0 Å². The molecule has 1 heterocycles. The normalized spacial score (nSPS) is 10.8. The lowest BCUT2D eigenvalue weighted by Crippen LogP contribution is -2.27. The SMILES string of the molecule is CCCn1c(SCCNC(=O)Cc2ccccc2)nc(-c2ccc(OC)cc2)c1-c1ccc(OC)cc1. The maximum absolute atomic E-state index is 12.4. The second-order valence-electron chi connectivity index (χ2n) is 8.56. The predicted octanol–water partition coefficient (Wildman–Crippen LogP) is 6.10. The third kappa shape index (κ3) is 6.74. The molecule has 0 bridgehead atoms. The quantitative estimate of drug-likeness (QED) is 0.183. The van der Waals surface area contributed by atoms with Crippen LogP contribution in [-0.4, -0.2) is 42.0 Å². The molecule has 0 aliphatic rings. The molecule has 3 aromatic carbocycles. The lowest BCUT2D eigenvalue weighted by Gasteiger charge is -2.13. The zero-order valence-electron chi connectivity index (χ0n) is 21.6. The second-order valence-corrected chi connectivity index (χ2v) is 9.62. The van der Waals surface area contributed by atoms with Gasteiger partial charge in [-0.15, -0.1) is 0 Å². The molecular formula is C30H33N3O3S. The summed E-state index contributed by atoms with van der Waals surface area (Å²) in [5.74, 6) is 2.38. The van der Waals surface area contributed by atoms with Gasteiger partial charge in [-0.3, -0.25) is 4.79 Å². The fourth-order valence-corrected chi connectivity index (χ4v) is 5.02. The largest absolute Gasteiger partial charge is 0.497 e. The van der Waals surface area contributed by atoms with Crippen LogP contribution in [0.25, 0.3) is 22.5 Å². The average Bonchev–Trinajstić information content (AvgIpc) is 3.30. The summed E-state index contributed by atoms with van der Waals surface area (Å²) in [6.07, 6.45) is 1.36. The maximum Gasteiger partial charge on any atom is 0.224 e. The second kappa shape index (κ2) is 13.0. The number of rotatable bonds is 12. The van der Waals surface area contributed by atoms with Crippen molar-refractivity contribution in [2.24, 2.45) is 0 Å². The topological polar surface area (TPSA) is 65.4 Å². The van der Waals surface area contributed by atoms with Gasteiger partial charge in [-0.05, 0) is 60.5 Å². The lowest BCUT2D eigenvalue weighted by atomic mass is 10.0. The van der Waals surface area contributed by atoms with Crippen molar-refractivity contribution in [2.75, 3.05) is 26.5 Å². The van der Waals surface area contributed by atoms with Crippen LogP contribution < -0.4 is 14.8 Å². The van der Waals surface area contributed by atoms with E-state index in [-0.39, 0.29) is 5.91 Å². The Balaban J connectivity index is 1.57. The van der Waals surface area contributed by atoms with Crippen LogP contribution in [-0.2, 0) is 17.8 Å². The molecule has 0 spiro atoms. The van der Waals surface area contributed by atoms with Gasteiger partial charge in [0.1, 0.15) is 11.5 Å². The monoisotopic (exact) mass is 515 g/mol. The van der Waals surface area contributed by atoms with E-state index < -0.39 is 0 Å². The number of hydrogen-bond acceptors (Lipinski definition) is 5. The highest BCUT2D eigenvalue weighted by Crippen LogP contribution is 2.37. The smallest absolute Gasteiger partial charge is 0.224 e. The Morgan fingerprint density at radius 2 is 1.51 bits per heavy atom. The van der Waals surface area contributed by atoms with E-state index in [1.54, 1.807) is 26.0 Å². The molecule has 0 aliphatic heterocycles. The van der Waals surface area contributed by atoms with Crippen LogP contribution in [0.2, 0.25) is 0 Å². The first-order valence-electron chi connectivity index (χ1n) is 12.5. The van der Waals surface area contributed by atoms with Crippen LogP contribution in [0.5, 0.6) is 11.5 Å². The molecule has 1 aromatic heterocycles. The molecule has 0 fully saturated rings. The minimum atomic E-state index is 0.0292. The zero-order valence-corrected chi connectivity index (χ0v) is 22.4. The number of aromatic nitrogens is 2. The summed E-state index contributed by atoms with van der Waals surface area (Å²) in [6.45, 7) is 3.58. The highest BCUT2D eigenvalue weighted by molar-refractivity contribution is 7.99. The molecule has 0 saturated heterocycles. The molecule has 0 saturated carbocycles. The van der Waals surface area contributed by atoms with E-state index in [1.807, 2.05) is 66.7 Å². The van der Waals surface area contributed by atoms with Crippen LogP contribution >= 0.6 is 11.8 Å². The van der Waals surface area contributed by atoms with Crippen LogP contribution in [0, 0.1) is 0 Å². The van der Waals surface area contributed by atoms with Crippen molar-refractivity contribution in [3.8, 4) is 34.0 Å². The van der Waals surface area contributed by atoms with Gasteiger partial charge in [-0.25, -0.2) is 4.98 Å². The van der Waals surface area contributed by atoms with Crippen molar-refractivity contribution >= 4 is 17.7 Å². The Morgan fingerprint density at radius 1 is 0.892 bits per heavy atom. The zero-order chi connectivity index (χ0) is 26.0. The molecule has 6 nitrogen and oxygen atoms in total. The number of ether oxygens (including phenoxy) is 2. The molecule has 1 amide bonds. The standard InChI is InChI=1S/C30H33N3O3S/c1-4-19-33-29(24-12-16-26(36-3)17-13-24)28(23-10-14-25(35-2)15-11-23)32-30(33)37-20-18-31-27(34)21-22-8-6-5-7-9-22/h5-17H,4,18-21H2,1-3H3,(H,31,34). The first kappa shape index (κ1) is 26.4. The Hall–Kier alpha value is -3.71. The van der Waals surface area contributed by atoms with Gasteiger partial charge in [0.05, 0.1) is 32.0 Å². The van der Waals surface area contributed by atoms with Crippen molar-refractivity contribution in [3.05, 3.63) is 84.4 Å². The van der Waals surface area contributed by atoms with Crippen molar-refractivity contribution < 1.29 is 14.3 Å². The third-order valence-electron chi connectivity index (χ3n) is 5.97. The van der Waals surface area contributed by atoms with Gasteiger partial charge in [0, 0.05) is 30.0 Å². The summed E-state index contributed by atoms with van der Waals surface area (Å²) < 4.78 is 13.0. The number of nitrogens with zero attached hydrogens (tertiary/aromatic N) is 2. The van der Waals surface area contributed by atoms with Gasteiger partial charge >= 0.3 is 0 Å². The minimum absolute atomic E-state index is 0.0292. The molecule has 0 radical (unpaired) electrons. The van der Waals surface area contributed by atoms with E-state index >= 15 is 0 Å². The predicted molar refractivity (Wildman–Crippen MR) is 150 cm³/mol. The van der Waals surface area contributed by atoms with Gasteiger partial charge in [-0.2, -0.15) is 0 Å². The first-order valence-corrected chi connectivity index (χ1v) is 13.4. The van der Waals surface area contributed by atoms with E-state index in [2.05, 4.69) is 28.9 Å². The van der Waals surface area contributed by atoms with Gasteiger partial charge in [0.25, 0.3) is 0 Å². The molecule has 0 unspecified atom stereocenters. The summed E-state index contributed by atoms with van der Waals surface area (Å²) in [5.41, 5.74) is 5.12. The number of thioether (sulfide) groups is 1. The molecule has 4 rings (SSSR count). The highest BCUT2D eigenvalue weighted by atomic mass is 32.2. The molecule has 0 atom stereocenters. The number of methoxy groups -OCH3 is 2. The van der Waals surface area contributed by atoms with Gasteiger partial charge in [-0.1, -0.05) is 49.0 Å². The summed E-state index contributed by atoms with van der Waals surface area (Å²) in [5, 5.41) is 3.98. The Morgan fingerprint density at radius 3 is 2.11 bits per heavy atom. The van der Waals surface area contributed by atoms with Gasteiger partial charge < -0.3 is 19.4 Å². The van der Waals surface area contributed by atoms with Crippen molar-refractivity contribution in [2.45, 2.75) is 31.5 Å². The van der Waals surface area contributed by atoms with Crippen molar-refractivity contribution in [1.82, 2.24) is 14.9 Å². The highest BCUT2D eigenvalue weighted by Gasteiger charge is 2.20. The van der Waals surface area contributed by atoms with Crippen LogP contribution in [0.4, 0.5) is 0 Å². The van der Waals surface area contributed by atoms with Crippen LogP contribution in [0.3, 0.4) is 0 Å². The number of imidazole rings is 1. The molecule has 7 heteroatoms. The lowest BCUT2D eigenvalue weighted by molar-refractivity contribution is -0.120. The van der Waals surface area contributed by atoms with Gasteiger partial charge in [0.2, 0.25) is 5.91 Å². The van der Waals surface area contributed by atoms with E-state index in [0.29, 0.717) is 13.0 Å². The number of carbonyl (C=O) groups excluding carboxylic acids is 1. The molecule has 1 N–H and O–H groups in total. The van der Waals surface area contributed by atoms with E-state index in [9.17, 15) is 4.79 Å². The van der Waals surface area contributed by atoms with E-state index in [0.717, 1.165) is 63.5 Å². The van der Waals surface area contributed by atoms with Crippen molar-refractivity contribution in [3.63, 3.8) is 0 Å². The Bertz CT molecular complexity index is 1290. The molecule has 192 valence electrons. The number of nitrogens with one attached hydrogen (secondary N) is 1.